The molecule has 18 heavy (non-hydrogen) atoms. The Kier molecular flexibility index (Phi) is 5.55. The van der Waals surface area contributed by atoms with Gasteiger partial charge in [0.2, 0.25) is 5.56 Å². The first-order valence-corrected chi connectivity index (χ1v) is 8.01. The molecule has 6 heteroatoms. The summed E-state index contributed by atoms with van der Waals surface area (Å²) in [6.45, 7) is 3.17. The minimum atomic E-state index is -2.94. The van der Waals surface area contributed by atoms with Crippen LogP contribution < -0.4 is 10.9 Å². The number of rotatable bonds is 7. The van der Waals surface area contributed by atoms with Crippen LogP contribution in [0, 0.1) is 0 Å². The van der Waals surface area contributed by atoms with Gasteiger partial charge in [0.15, 0.2) is 0 Å². The topological polar surface area (TPSA) is 68.2 Å². The molecule has 1 atom stereocenters. The van der Waals surface area contributed by atoms with Gasteiger partial charge in [0, 0.05) is 31.1 Å². The maximum Gasteiger partial charge on any atom is 0.250 e. The number of nitrogens with zero attached hydrogens (tertiary/aromatic N) is 1. The molecule has 0 aliphatic heterocycles. The SMILES string of the molecule is CC(CS(C)(=O)=O)NCCCn1ccccc1=O. The Morgan fingerprint density at radius 2 is 2.11 bits per heavy atom. The van der Waals surface area contributed by atoms with Gasteiger partial charge in [-0.3, -0.25) is 4.79 Å². The fraction of sp³-hybridized carbons (Fsp3) is 0.583. The molecule has 0 bridgehead atoms. The van der Waals surface area contributed by atoms with Crippen LogP contribution in [0.25, 0.3) is 0 Å². The van der Waals surface area contributed by atoms with Gasteiger partial charge in [-0.15, -0.1) is 0 Å². The van der Waals surface area contributed by atoms with Gasteiger partial charge in [0.25, 0.3) is 0 Å². The highest BCUT2D eigenvalue weighted by Gasteiger charge is 2.09. The van der Waals surface area contributed by atoms with Gasteiger partial charge < -0.3 is 9.88 Å². The molecule has 0 aliphatic carbocycles. The van der Waals surface area contributed by atoms with Gasteiger partial charge in [0.05, 0.1) is 5.75 Å². The lowest BCUT2D eigenvalue weighted by atomic mass is 10.3. The zero-order valence-electron chi connectivity index (χ0n) is 10.8. The maximum absolute atomic E-state index is 11.4. The number of aromatic nitrogens is 1. The van der Waals surface area contributed by atoms with Gasteiger partial charge >= 0.3 is 0 Å². The van der Waals surface area contributed by atoms with Crippen molar-refractivity contribution < 1.29 is 8.42 Å². The summed E-state index contributed by atoms with van der Waals surface area (Å²) in [5, 5.41) is 3.13. The molecule has 0 aliphatic rings. The normalized spacial score (nSPS) is 13.4. The molecule has 1 N–H and O–H groups in total. The van der Waals surface area contributed by atoms with Gasteiger partial charge in [-0.1, -0.05) is 6.07 Å². The van der Waals surface area contributed by atoms with Crippen LogP contribution in [0.4, 0.5) is 0 Å². The molecule has 1 rings (SSSR count). The molecule has 0 fully saturated rings. The highest BCUT2D eigenvalue weighted by atomic mass is 32.2. The van der Waals surface area contributed by atoms with Crippen LogP contribution in [-0.2, 0) is 16.4 Å². The number of sulfone groups is 1. The minimum Gasteiger partial charge on any atom is -0.315 e. The van der Waals surface area contributed by atoms with Crippen molar-refractivity contribution in [3.05, 3.63) is 34.7 Å². The molecule has 0 saturated heterocycles. The Morgan fingerprint density at radius 1 is 1.39 bits per heavy atom. The van der Waals surface area contributed by atoms with E-state index in [1.165, 1.54) is 12.3 Å². The Hall–Kier alpha value is -1.14. The van der Waals surface area contributed by atoms with Crippen LogP contribution in [0.2, 0.25) is 0 Å². The molecule has 0 spiro atoms. The van der Waals surface area contributed by atoms with Crippen molar-refractivity contribution in [3.8, 4) is 0 Å². The summed E-state index contributed by atoms with van der Waals surface area (Å²) in [7, 11) is -2.94. The third-order valence-electron chi connectivity index (χ3n) is 2.52. The monoisotopic (exact) mass is 272 g/mol. The van der Waals surface area contributed by atoms with E-state index in [2.05, 4.69) is 5.32 Å². The smallest absolute Gasteiger partial charge is 0.250 e. The van der Waals surface area contributed by atoms with Crippen LogP contribution in [0.5, 0.6) is 0 Å². The number of hydrogen-bond acceptors (Lipinski definition) is 4. The molecule has 1 unspecified atom stereocenters. The van der Waals surface area contributed by atoms with Crippen molar-refractivity contribution in [2.24, 2.45) is 0 Å². The van der Waals surface area contributed by atoms with E-state index in [0.29, 0.717) is 13.1 Å². The minimum absolute atomic E-state index is 0.0123. The van der Waals surface area contributed by atoms with Gasteiger partial charge in [-0.25, -0.2) is 8.42 Å². The summed E-state index contributed by atoms with van der Waals surface area (Å²) < 4.78 is 23.8. The second-order valence-electron chi connectivity index (χ2n) is 4.53. The highest BCUT2D eigenvalue weighted by Crippen LogP contribution is 1.92. The first kappa shape index (κ1) is 14.9. The number of hydrogen-bond donors (Lipinski definition) is 1. The summed E-state index contributed by atoms with van der Waals surface area (Å²) in [6, 6.07) is 5.00. The zero-order valence-corrected chi connectivity index (χ0v) is 11.6. The third kappa shape index (κ3) is 5.97. The molecule has 1 aromatic rings. The molecule has 0 aromatic carbocycles. The van der Waals surface area contributed by atoms with E-state index in [4.69, 9.17) is 0 Å². The molecule has 0 amide bonds. The van der Waals surface area contributed by atoms with Gasteiger partial charge in [-0.2, -0.15) is 0 Å². The van der Waals surface area contributed by atoms with Crippen molar-refractivity contribution in [1.29, 1.82) is 0 Å². The fourth-order valence-corrected chi connectivity index (χ4v) is 2.78. The lowest BCUT2D eigenvalue weighted by molar-refractivity contribution is 0.523. The van der Waals surface area contributed by atoms with E-state index >= 15 is 0 Å². The van der Waals surface area contributed by atoms with Crippen LogP contribution in [0.1, 0.15) is 13.3 Å². The van der Waals surface area contributed by atoms with Gasteiger partial charge in [0.1, 0.15) is 9.84 Å². The molecule has 0 saturated carbocycles. The van der Waals surface area contributed by atoms with Crippen LogP contribution >= 0.6 is 0 Å². The summed E-state index contributed by atoms with van der Waals surface area (Å²) in [5.41, 5.74) is -0.0123. The van der Waals surface area contributed by atoms with Gasteiger partial charge in [-0.05, 0) is 26.0 Å². The highest BCUT2D eigenvalue weighted by molar-refractivity contribution is 7.90. The standard InChI is InChI=1S/C12H20N2O3S/c1-11(10-18(2,16)17)13-7-5-9-14-8-4-3-6-12(14)15/h3-4,6,8,11,13H,5,7,9-10H2,1-2H3. The number of aryl methyl sites for hydroxylation is 1. The van der Waals surface area contributed by atoms with Crippen molar-refractivity contribution in [1.82, 2.24) is 9.88 Å². The molecule has 102 valence electrons. The van der Waals surface area contributed by atoms with E-state index in [0.717, 1.165) is 6.42 Å². The molecule has 1 aromatic heterocycles. The Balaban J connectivity index is 2.27. The summed E-state index contributed by atoms with van der Waals surface area (Å²) in [5.74, 6) is 0.137. The zero-order chi connectivity index (χ0) is 13.6. The predicted molar refractivity (Wildman–Crippen MR) is 72.5 cm³/mol. The second kappa shape index (κ2) is 6.70. The average Bonchev–Trinajstić information content (AvgIpc) is 2.24. The predicted octanol–water partition coefficient (Wildman–Crippen LogP) is 0.261. The van der Waals surface area contributed by atoms with E-state index in [-0.39, 0.29) is 17.4 Å². The van der Waals surface area contributed by atoms with Crippen LogP contribution in [0.15, 0.2) is 29.2 Å². The maximum atomic E-state index is 11.4. The Morgan fingerprint density at radius 3 is 2.72 bits per heavy atom. The lowest BCUT2D eigenvalue weighted by Gasteiger charge is -2.12. The van der Waals surface area contributed by atoms with Crippen molar-refractivity contribution >= 4 is 9.84 Å². The summed E-state index contributed by atoms with van der Waals surface area (Å²) >= 11 is 0. The molecular formula is C12H20N2O3S. The van der Waals surface area contributed by atoms with E-state index in [9.17, 15) is 13.2 Å². The molecule has 0 radical (unpaired) electrons. The molecule has 5 nitrogen and oxygen atoms in total. The van der Waals surface area contributed by atoms with Crippen LogP contribution in [0.3, 0.4) is 0 Å². The fourth-order valence-electron chi connectivity index (χ4n) is 1.76. The number of nitrogens with one attached hydrogen (secondary N) is 1. The van der Waals surface area contributed by atoms with E-state index in [1.54, 1.807) is 16.8 Å². The van der Waals surface area contributed by atoms with E-state index < -0.39 is 9.84 Å². The Labute approximate surface area is 108 Å². The largest absolute Gasteiger partial charge is 0.315 e. The summed E-state index contributed by atoms with van der Waals surface area (Å²) in [4.78, 5) is 11.4. The Bertz CT molecular complexity index is 522. The quantitative estimate of drug-likeness (QED) is 0.723. The number of pyridine rings is 1. The third-order valence-corrected chi connectivity index (χ3v) is 3.63. The summed E-state index contributed by atoms with van der Waals surface area (Å²) in [6.07, 6.45) is 3.77. The average molecular weight is 272 g/mol. The molecule has 1 heterocycles. The molecular weight excluding hydrogens is 252 g/mol. The van der Waals surface area contributed by atoms with Crippen molar-refractivity contribution in [2.75, 3.05) is 18.6 Å². The first-order valence-electron chi connectivity index (χ1n) is 5.95. The lowest BCUT2D eigenvalue weighted by Crippen LogP contribution is -2.34. The van der Waals surface area contributed by atoms with Crippen molar-refractivity contribution in [2.45, 2.75) is 25.9 Å². The second-order valence-corrected chi connectivity index (χ2v) is 6.72. The van der Waals surface area contributed by atoms with E-state index in [1.807, 2.05) is 13.0 Å². The first-order chi connectivity index (χ1) is 8.38. The van der Waals surface area contributed by atoms with Crippen molar-refractivity contribution in [3.63, 3.8) is 0 Å². The van der Waals surface area contributed by atoms with Crippen LogP contribution in [-0.4, -0.2) is 37.6 Å².